The number of amides is 2. The van der Waals surface area contributed by atoms with Crippen LogP contribution in [0, 0.1) is 5.92 Å². The van der Waals surface area contributed by atoms with Crippen LogP contribution in [-0.2, 0) is 4.79 Å². The third-order valence-corrected chi connectivity index (χ3v) is 4.20. The van der Waals surface area contributed by atoms with Crippen LogP contribution >= 0.6 is 0 Å². The Morgan fingerprint density at radius 1 is 1.22 bits per heavy atom. The van der Waals surface area contributed by atoms with Gasteiger partial charge in [-0.15, -0.1) is 0 Å². The lowest BCUT2D eigenvalue weighted by Crippen LogP contribution is -2.34. The predicted molar refractivity (Wildman–Crippen MR) is 105 cm³/mol. The van der Waals surface area contributed by atoms with Gasteiger partial charge in [0.25, 0.3) is 11.8 Å². The second-order valence-corrected chi connectivity index (χ2v) is 6.20. The van der Waals surface area contributed by atoms with E-state index in [0.717, 1.165) is 6.42 Å². The van der Waals surface area contributed by atoms with E-state index in [1.54, 1.807) is 25.3 Å². The van der Waals surface area contributed by atoms with Gasteiger partial charge in [-0.1, -0.05) is 31.5 Å². The maximum absolute atomic E-state index is 13.0. The summed E-state index contributed by atoms with van der Waals surface area (Å²) in [7, 11) is 0. The van der Waals surface area contributed by atoms with Crippen LogP contribution in [0.4, 0.5) is 5.69 Å². The Kier molecular flexibility index (Phi) is 5.71. The molecule has 1 N–H and O–H groups in total. The molecule has 0 aliphatic carbocycles. The van der Waals surface area contributed by atoms with Crippen molar-refractivity contribution in [1.29, 1.82) is 0 Å². The van der Waals surface area contributed by atoms with Crippen LogP contribution in [0.3, 0.4) is 0 Å². The van der Waals surface area contributed by atoms with Crippen molar-refractivity contribution < 1.29 is 9.59 Å². The van der Waals surface area contributed by atoms with Gasteiger partial charge in [0.1, 0.15) is 5.92 Å². The molecule has 27 heavy (non-hydrogen) atoms. The molecule has 1 aromatic carbocycles. The minimum atomic E-state index is -0.570. The zero-order valence-corrected chi connectivity index (χ0v) is 15.3. The van der Waals surface area contributed by atoms with Crippen molar-refractivity contribution in [3.63, 3.8) is 0 Å². The van der Waals surface area contributed by atoms with Crippen LogP contribution in [-0.4, -0.2) is 28.2 Å². The van der Waals surface area contributed by atoms with Crippen molar-refractivity contribution >= 4 is 28.9 Å². The molecule has 7 nitrogen and oxygen atoms in total. The highest BCUT2D eigenvalue weighted by molar-refractivity contribution is 6.28. The van der Waals surface area contributed by atoms with E-state index in [1.807, 2.05) is 37.3 Å². The highest BCUT2D eigenvalue weighted by atomic mass is 16.2. The number of carbonyl (C=O) groups is 2. The number of anilines is 1. The fourth-order valence-electron chi connectivity index (χ4n) is 2.91. The molecule has 2 amide bonds. The summed E-state index contributed by atoms with van der Waals surface area (Å²) in [5.74, 6) is -1.10. The van der Waals surface area contributed by atoms with Crippen LogP contribution in [0.2, 0.25) is 0 Å². The number of hydrazone groups is 2. The van der Waals surface area contributed by atoms with Gasteiger partial charge in [-0.05, 0) is 37.6 Å². The molecule has 0 radical (unpaired) electrons. The van der Waals surface area contributed by atoms with Crippen molar-refractivity contribution in [1.82, 2.24) is 10.4 Å². The summed E-state index contributed by atoms with van der Waals surface area (Å²) in [6, 6.07) is 12.6. The Labute approximate surface area is 157 Å². The summed E-state index contributed by atoms with van der Waals surface area (Å²) in [4.78, 5) is 29.1. The lowest BCUT2D eigenvalue weighted by Gasteiger charge is -2.15. The standard InChI is InChI=1S/C20H21N5O2/c1-3-8-17(22-23-19(26)15-9-7-12-21-13-15)18-14(2)24-25(20(18)27)16-10-5-4-6-11-16/h4-7,9-13,18H,3,8H2,1-2H3,(H,23,26)/b22-17+. The third-order valence-electron chi connectivity index (χ3n) is 4.20. The number of nitrogens with one attached hydrogen (secondary N) is 1. The Morgan fingerprint density at radius 2 is 2.00 bits per heavy atom. The monoisotopic (exact) mass is 363 g/mol. The molecule has 0 bridgehead atoms. The quantitative estimate of drug-likeness (QED) is 0.632. The average Bonchev–Trinajstić information content (AvgIpc) is 3.00. The first kappa shape index (κ1) is 18.4. The number of hydrogen-bond acceptors (Lipinski definition) is 5. The minimum absolute atomic E-state index is 0.165. The Morgan fingerprint density at radius 3 is 2.67 bits per heavy atom. The summed E-state index contributed by atoms with van der Waals surface area (Å²) < 4.78 is 0. The number of benzene rings is 1. The summed E-state index contributed by atoms with van der Waals surface area (Å²) in [5, 5.41) is 10.1. The molecule has 1 aliphatic rings. The molecule has 1 aromatic heterocycles. The lowest BCUT2D eigenvalue weighted by molar-refractivity contribution is -0.118. The van der Waals surface area contributed by atoms with Gasteiger partial charge in [-0.25, -0.2) is 5.43 Å². The van der Waals surface area contributed by atoms with Gasteiger partial charge in [-0.3, -0.25) is 14.6 Å². The second-order valence-electron chi connectivity index (χ2n) is 6.20. The van der Waals surface area contributed by atoms with Crippen LogP contribution in [0.1, 0.15) is 37.0 Å². The maximum Gasteiger partial charge on any atom is 0.272 e. The topological polar surface area (TPSA) is 87.0 Å². The van der Waals surface area contributed by atoms with Crippen molar-refractivity contribution in [2.75, 3.05) is 5.01 Å². The molecule has 1 unspecified atom stereocenters. The maximum atomic E-state index is 13.0. The van der Waals surface area contributed by atoms with Gasteiger partial charge in [0.05, 0.1) is 22.7 Å². The van der Waals surface area contributed by atoms with E-state index in [2.05, 4.69) is 20.6 Å². The molecule has 2 heterocycles. The number of para-hydroxylation sites is 1. The Bertz CT molecular complexity index is 878. The van der Waals surface area contributed by atoms with Crippen LogP contribution in [0.5, 0.6) is 0 Å². The molecule has 7 heteroatoms. The first-order valence-corrected chi connectivity index (χ1v) is 8.82. The van der Waals surface area contributed by atoms with Gasteiger partial charge < -0.3 is 0 Å². The van der Waals surface area contributed by atoms with E-state index in [9.17, 15) is 9.59 Å². The number of carbonyl (C=O) groups excluding carboxylic acids is 2. The summed E-state index contributed by atoms with van der Waals surface area (Å²) in [6.07, 6.45) is 4.44. The normalized spacial score (nSPS) is 17.0. The fourth-order valence-corrected chi connectivity index (χ4v) is 2.91. The largest absolute Gasteiger partial charge is 0.272 e. The van der Waals surface area contributed by atoms with Gasteiger partial charge in [-0.2, -0.15) is 15.2 Å². The minimum Gasteiger partial charge on any atom is -0.271 e. The van der Waals surface area contributed by atoms with Gasteiger partial charge in [0.2, 0.25) is 0 Å². The van der Waals surface area contributed by atoms with E-state index in [-0.39, 0.29) is 11.8 Å². The molecule has 0 saturated heterocycles. The highest BCUT2D eigenvalue weighted by Gasteiger charge is 2.37. The van der Waals surface area contributed by atoms with E-state index in [4.69, 9.17) is 0 Å². The molecule has 1 atom stereocenters. The molecule has 3 rings (SSSR count). The number of aromatic nitrogens is 1. The molecule has 1 aliphatic heterocycles. The highest BCUT2D eigenvalue weighted by Crippen LogP contribution is 2.25. The SMILES string of the molecule is CCC/C(=N\NC(=O)c1cccnc1)C1C(=O)N(c2ccccc2)N=C1C. The van der Waals surface area contributed by atoms with Crippen LogP contribution < -0.4 is 10.4 Å². The summed E-state index contributed by atoms with van der Waals surface area (Å²) in [5.41, 5.74) is 4.91. The van der Waals surface area contributed by atoms with Gasteiger partial charge >= 0.3 is 0 Å². The number of rotatable bonds is 6. The molecule has 0 fully saturated rings. The molecular weight excluding hydrogens is 342 g/mol. The van der Waals surface area contributed by atoms with Crippen molar-refractivity contribution in [2.45, 2.75) is 26.7 Å². The molecule has 138 valence electrons. The summed E-state index contributed by atoms with van der Waals surface area (Å²) >= 11 is 0. The molecular formula is C20H21N5O2. The van der Waals surface area contributed by atoms with Crippen molar-refractivity contribution in [2.24, 2.45) is 16.1 Å². The average molecular weight is 363 g/mol. The number of pyridine rings is 1. The van der Waals surface area contributed by atoms with Crippen molar-refractivity contribution in [3.8, 4) is 0 Å². The first-order chi connectivity index (χ1) is 13.1. The second kappa shape index (κ2) is 8.35. The van der Waals surface area contributed by atoms with E-state index in [0.29, 0.717) is 29.1 Å². The molecule has 2 aromatic rings. The predicted octanol–water partition coefficient (Wildman–Crippen LogP) is 3.01. The lowest BCUT2D eigenvalue weighted by atomic mass is 9.95. The first-order valence-electron chi connectivity index (χ1n) is 8.82. The zero-order valence-electron chi connectivity index (χ0n) is 15.3. The van der Waals surface area contributed by atoms with E-state index < -0.39 is 5.92 Å². The smallest absolute Gasteiger partial charge is 0.271 e. The Hall–Kier alpha value is -3.35. The van der Waals surface area contributed by atoms with Gasteiger partial charge in [0.15, 0.2) is 0 Å². The fraction of sp³-hybridized carbons (Fsp3) is 0.250. The number of hydrogen-bond donors (Lipinski definition) is 1. The van der Waals surface area contributed by atoms with Gasteiger partial charge in [0, 0.05) is 12.4 Å². The van der Waals surface area contributed by atoms with E-state index >= 15 is 0 Å². The van der Waals surface area contributed by atoms with Crippen molar-refractivity contribution in [3.05, 3.63) is 60.4 Å². The van der Waals surface area contributed by atoms with Crippen LogP contribution in [0.25, 0.3) is 0 Å². The van der Waals surface area contributed by atoms with E-state index in [1.165, 1.54) is 11.2 Å². The summed E-state index contributed by atoms with van der Waals surface area (Å²) in [6.45, 7) is 3.80. The molecule has 0 saturated carbocycles. The van der Waals surface area contributed by atoms with Crippen LogP contribution in [0.15, 0.2) is 65.1 Å². The Balaban J connectivity index is 1.81. The molecule has 0 spiro atoms. The third kappa shape index (κ3) is 4.08. The zero-order chi connectivity index (χ0) is 19.2. The number of nitrogens with zero attached hydrogens (tertiary/aromatic N) is 4.